The van der Waals surface area contributed by atoms with E-state index in [1.807, 2.05) is 42.2 Å². The second kappa shape index (κ2) is 6.73. The van der Waals surface area contributed by atoms with E-state index in [1.165, 1.54) is 0 Å². The van der Waals surface area contributed by atoms with Crippen LogP contribution >= 0.6 is 0 Å². The molecule has 3 rings (SSSR count). The molecule has 1 amide bonds. The van der Waals surface area contributed by atoms with Crippen LogP contribution in [-0.4, -0.2) is 27.5 Å². The Hall–Kier alpha value is -2.17. The zero-order valence-corrected chi connectivity index (χ0v) is 12.9. The maximum atomic E-state index is 12.2. The van der Waals surface area contributed by atoms with Crippen LogP contribution in [0.15, 0.2) is 34.7 Å². The van der Waals surface area contributed by atoms with E-state index in [4.69, 9.17) is 4.42 Å². The average Bonchev–Trinajstić information content (AvgIpc) is 2.93. The molecule has 1 atom stereocenters. The first-order valence-electron chi connectivity index (χ1n) is 7.98. The Kier molecular flexibility index (Phi) is 4.51. The molecule has 0 radical (unpaired) electrons. The van der Waals surface area contributed by atoms with Crippen molar-refractivity contribution in [1.29, 1.82) is 0 Å². The summed E-state index contributed by atoms with van der Waals surface area (Å²) in [6.07, 6.45) is 4.67. The average molecular weight is 299 g/mol. The number of rotatable bonds is 3. The predicted octanol–water partition coefficient (Wildman–Crippen LogP) is 3.59. The molecule has 1 unspecified atom stereocenters. The molecule has 1 aliphatic rings. The van der Waals surface area contributed by atoms with E-state index in [0.717, 1.165) is 37.8 Å². The summed E-state index contributed by atoms with van der Waals surface area (Å²) < 4.78 is 5.87. The number of likely N-dealkylation sites (tertiary alicyclic amines) is 1. The Morgan fingerprint density at radius 2 is 2.05 bits per heavy atom. The normalized spacial score (nSPS) is 19.0. The molecular weight excluding hydrogens is 278 g/mol. The summed E-state index contributed by atoms with van der Waals surface area (Å²) in [4.78, 5) is 14.1. The highest BCUT2D eigenvalue weighted by atomic mass is 16.4. The third-order valence-corrected chi connectivity index (χ3v) is 4.12. The highest BCUT2D eigenvalue weighted by Gasteiger charge is 2.30. The van der Waals surface area contributed by atoms with Gasteiger partial charge >= 0.3 is 0 Å². The molecule has 0 aliphatic carbocycles. The van der Waals surface area contributed by atoms with Crippen molar-refractivity contribution in [1.82, 2.24) is 15.1 Å². The zero-order chi connectivity index (χ0) is 15.4. The van der Waals surface area contributed by atoms with Gasteiger partial charge in [0, 0.05) is 18.5 Å². The lowest BCUT2D eigenvalue weighted by atomic mass is 10.1. The number of aromatic nitrogens is 2. The summed E-state index contributed by atoms with van der Waals surface area (Å²) >= 11 is 0. The van der Waals surface area contributed by atoms with Gasteiger partial charge in [-0.05, 0) is 25.0 Å². The van der Waals surface area contributed by atoms with E-state index < -0.39 is 0 Å². The van der Waals surface area contributed by atoms with Gasteiger partial charge in [-0.1, -0.05) is 38.0 Å². The SMILES string of the molecule is CCC(=O)N1CCCCCC1c1nnc(-c2ccccc2)o1. The maximum Gasteiger partial charge on any atom is 0.247 e. The van der Waals surface area contributed by atoms with Crippen LogP contribution in [0.4, 0.5) is 0 Å². The molecule has 5 nitrogen and oxygen atoms in total. The number of amides is 1. The number of nitrogens with zero attached hydrogens (tertiary/aromatic N) is 3. The molecule has 0 saturated carbocycles. The van der Waals surface area contributed by atoms with Gasteiger partial charge in [-0.3, -0.25) is 4.79 Å². The molecule has 2 heterocycles. The van der Waals surface area contributed by atoms with Gasteiger partial charge in [0.2, 0.25) is 17.7 Å². The van der Waals surface area contributed by atoms with Crippen LogP contribution < -0.4 is 0 Å². The van der Waals surface area contributed by atoms with Crippen molar-refractivity contribution in [3.05, 3.63) is 36.2 Å². The Morgan fingerprint density at radius 1 is 1.23 bits per heavy atom. The van der Waals surface area contributed by atoms with Crippen LogP contribution in [0.2, 0.25) is 0 Å². The van der Waals surface area contributed by atoms with Gasteiger partial charge in [0.05, 0.1) is 0 Å². The van der Waals surface area contributed by atoms with Crippen LogP contribution in [0, 0.1) is 0 Å². The van der Waals surface area contributed by atoms with Gasteiger partial charge in [-0.15, -0.1) is 10.2 Å². The van der Waals surface area contributed by atoms with Crippen molar-refractivity contribution >= 4 is 5.91 Å². The topological polar surface area (TPSA) is 59.2 Å². The Morgan fingerprint density at radius 3 is 2.82 bits per heavy atom. The summed E-state index contributed by atoms with van der Waals surface area (Å²) in [6, 6.07) is 9.64. The van der Waals surface area contributed by atoms with Crippen LogP contribution in [-0.2, 0) is 4.79 Å². The molecule has 0 spiro atoms. The van der Waals surface area contributed by atoms with E-state index in [-0.39, 0.29) is 11.9 Å². The molecular formula is C17H21N3O2. The molecule has 1 aromatic carbocycles. The van der Waals surface area contributed by atoms with E-state index >= 15 is 0 Å². The standard InChI is InChI=1S/C17H21N3O2/c1-2-15(21)20-12-8-4-7-11-14(20)17-19-18-16(22-17)13-9-5-3-6-10-13/h3,5-6,9-10,14H,2,4,7-8,11-12H2,1H3. The van der Waals surface area contributed by atoms with E-state index in [9.17, 15) is 4.79 Å². The smallest absolute Gasteiger partial charge is 0.247 e. The maximum absolute atomic E-state index is 12.2. The first-order valence-corrected chi connectivity index (χ1v) is 7.98. The highest BCUT2D eigenvalue weighted by molar-refractivity contribution is 5.76. The van der Waals surface area contributed by atoms with E-state index in [0.29, 0.717) is 18.2 Å². The number of carbonyl (C=O) groups is 1. The van der Waals surface area contributed by atoms with Crippen molar-refractivity contribution in [3.63, 3.8) is 0 Å². The summed E-state index contributed by atoms with van der Waals surface area (Å²) in [7, 11) is 0. The van der Waals surface area contributed by atoms with Crippen LogP contribution in [0.5, 0.6) is 0 Å². The van der Waals surface area contributed by atoms with Gasteiger partial charge in [0.25, 0.3) is 0 Å². The Bertz CT molecular complexity index is 624. The second-order valence-electron chi connectivity index (χ2n) is 5.62. The van der Waals surface area contributed by atoms with Gasteiger partial charge in [0.15, 0.2) is 0 Å². The predicted molar refractivity (Wildman–Crippen MR) is 82.9 cm³/mol. The Labute approximate surface area is 130 Å². The minimum absolute atomic E-state index is 0.0834. The summed E-state index contributed by atoms with van der Waals surface area (Å²) in [5.74, 6) is 1.23. The molecule has 1 aromatic heterocycles. The summed E-state index contributed by atoms with van der Waals surface area (Å²) in [6.45, 7) is 2.67. The van der Waals surface area contributed by atoms with Crippen molar-refractivity contribution < 1.29 is 9.21 Å². The Balaban J connectivity index is 1.87. The third kappa shape index (κ3) is 3.03. The molecule has 1 fully saturated rings. The monoisotopic (exact) mass is 299 g/mol. The van der Waals surface area contributed by atoms with Crippen molar-refractivity contribution in [3.8, 4) is 11.5 Å². The largest absolute Gasteiger partial charge is 0.418 e. The number of benzene rings is 1. The van der Waals surface area contributed by atoms with Crippen LogP contribution in [0.25, 0.3) is 11.5 Å². The summed E-state index contributed by atoms with van der Waals surface area (Å²) in [5.41, 5.74) is 0.906. The fraction of sp³-hybridized carbons (Fsp3) is 0.471. The fourth-order valence-corrected chi connectivity index (χ4v) is 2.93. The first-order chi connectivity index (χ1) is 10.8. The summed E-state index contributed by atoms with van der Waals surface area (Å²) in [5, 5.41) is 8.37. The quantitative estimate of drug-likeness (QED) is 0.869. The number of carbonyl (C=O) groups excluding carboxylic acids is 1. The number of hydrogen-bond acceptors (Lipinski definition) is 4. The van der Waals surface area contributed by atoms with Gasteiger partial charge in [-0.2, -0.15) is 0 Å². The number of hydrogen-bond donors (Lipinski definition) is 0. The molecule has 1 aliphatic heterocycles. The van der Waals surface area contributed by atoms with Crippen molar-refractivity contribution in [2.24, 2.45) is 0 Å². The molecule has 1 saturated heterocycles. The second-order valence-corrected chi connectivity index (χ2v) is 5.62. The van der Waals surface area contributed by atoms with Crippen LogP contribution in [0.1, 0.15) is 51.0 Å². The molecule has 0 bridgehead atoms. The van der Waals surface area contributed by atoms with E-state index in [1.54, 1.807) is 0 Å². The van der Waals surface area contributed by atoms with E-state index in [2.05, 4.69) is 10.2 Å². The van der Waals surface area contributed by atoms with Crippen LogP contribution in [0.3, 0.4) is 0 Å². The van der Waals surface area contributed by atoms with Crippen molar-refractivity contribution in [2.45, 2.75) is 45.1 Å². The van der Waals surface area contributed by atoms with Crippen molar-refractivity contribution in [2.75, 3.05) is 6.54 Å². The van der Waals surface area contributed by atoms with Gasteiger partial charge in [0.1, 0.15) is 6.04 Å². The highest BCUT2D eigenvalue weighted by Crippen LogP contribution is 2.31. The first kappa shape index (κ1) is 14.8. The third-order valence-electron chi connectivity index (χ3n) is 4.12. The molecule has 22 heavy (non-hydrogen) atoms. The molecule has 2 aromatic rings. The zero-order valence-electron chi connectivity index (χ0n) is 12.9. The molecule has 116 valence electrons. The molecule has 5 heteroatoms. The lowest BCUT2D eigenvalue weighted by Gasteiger charge is -2.27. The minimum Gasteiger partial charge on any atom is -0.418 e. The lowest BCUT2D eigenvalue weighted by Crippen LogP contribution is -2.34. The van der Waals surface area contributed by atoms with Gasteiger partial charge in [-0.25, -0.2) is 0 Å². The minimum atomic E-state index is -0.0834. The fourth-order valence-electron chi connectivity index (χ4n) is 2.93. The van der Waals surface area contributed by atoms with Gasteiger partial charge < -0.3 is 9.32 Å². The molecule has 0 N–H and O–H groups in total. The lowest BCUT2D eigenvalue weighted by molar-refractivity contribution is -0.133.